The number of guanidine groups is 1. The largest absolute Gasteiger partial charge is 0.369 e. The molecule has 26 heavy (non-hydrogen) atoms. The van der Waals surface area contributed by atoms with E-state index in [0.29, 0.717) is 32.0 Å². The van der Waals surface area contributed by atoms with Crippen LogP contribution in [-0.2, 0) is 17.8 Å². The first-order chi connectivity index (χ1) is 12.6. The molecule has 0 spiro atoms. The van der Waals surface area contributed by atoms with Gasteiger partial charge in [-0.1, -0.05) is 42.5 Å². The van der Waals surface area contributed by atoms with Gasteiger partial charge in [0.05, 0.1) is 12.5 Å². The molecule has 0 aromatic heterocycles. The average molecular weight is 356 g/mol. The van der Waals surface area contributed by atoms with Crippen LogP contribution in [0.15, 0.2) is 59.6 Å². The molecule has 0 saturated carbocycles. The fraction of sp³-hybridized carbons (Fsp3) is 0.300. The Morgan fingerprint density at radius 2 is 1.77 bits per heavy atom. The standard InChI is InChI=1S/C20H25FN4O/c1-2-23-20(24-13-16-6-4-3-5-7-16)25-14-17(19(22)26)12-15-8-10-18(21)11-9-15/h3-11,17H,2,12-14H2,1H3,(H2,22,26)(H2,23,24,25). The molecular weight excluding hydrogens is 331 g/mol. The monoisotopic (exact) mass is 356 g/mol. The predicted molar refractivity (Wildman–Crippen MR) is 102 cm³/mol. The second-order valence-electron chi connectivity index (χ2n) is 5.99. The van der Waals surface area contributed by atoms with Crippen LogP contribution in [0.3, 0.4) is 0 Å². The summed E-state index contributed by atoms with van der Waals surface area (Å²) >= 11 is 0. The van der Waals surface area contributed by atoms with Crippen molar-refractivity contribution in [2.45, 2.75) is 19.9 Å². The van der Waals surface area contributed by atoms with Crippen LogP contribution in [0.2, 0.25) is 0 Å². The number of nitrogens with one attached hydrogen (secondary N) is 2. The van der Waals surface area contributed by atoms with E-state index in [1.165, 1.54) is 12.1 Å². The van der Waals surface area contributed by atoms with Gasteiger partial charge in [-0.25, -0.2) is 9.38 Å². The molecule has 0 aliphatic rings. The topological polar surface area (TPSA) is 79.5 Å². The number of aliphatic imine (C=N–C) groups is 1. The normalized spacial score (nSPS) is 12.5. The number of hydrogen-bond acceptors (Lipinski definition) is 2. The summed E-state index contributed by atoms with van der Waals surface area (Å²) in [6, 6.07) is 16.0. The summed E-state index contributed by atoms with van der Waals surface area (Å²) in [6.07, 6.45) is 0.445. The maximum Gasteiger partial charge on any atom is 0.222 e. The van der Waals surface area contributed by atoms with Crippen LogP contribution < -0.4 is 16.4 Å². The van der Waals surface area contributed by atoms with Crippen LogP contribution in [0.25, 0.3) is 0 Å². The lowest BCUT2D eigenvalue weighted by molar-refractivity contribution is -0.121. The van der Waals surface area contributed by atoms with Crippen molar-refractivity contribution in [2.75, 3.05) is 13.1 Å². The van der Waals surface area contributed by atoms with Gasteiger partial charge in [-0.2, -0.15) is 0 Å². The lowest BCUT2D eigenvalue weighted by Crippen LogP contribution is -2.43. The molecule has 0 bridgehead atoms. The average Bonchev–Trinajstić information content (AvgIpc) is 2.65. The van der Waals surface area contributed by atoms with Crippen molar-refractivity contribution in [3.63, 3.8) is 0 Å². The molecule has 0 heterocycles. The minimum atomic E-state index is -0.416. The van der Waals surface area contributed by atoms with Crippen molar-refractivity contribution in [3.05, 3.63) is 71.5 Å². The molecular formula is C20H25FN4O. The highest BCUT2D eigenvalue weighted by Crippen LogP contribution is 2.09. The molecule has 6 heteroatoms. The number of benzene rings is 2. The first kappa shape index (κ1) is 19.4. The highest BCUT2D eigenvalue weighted by Gasteiger charge is 2.16. The zero-order valence-electron chi connectivity index (χ0n) is 14.9. The minimum absolute atomic E-state index is 0.301. The summed E-state index contributed by atoms with van der Waals surface area (Å²) in [7, 11) is 0. The molecule has 0 saturated heterocycles. The van der Waals surface area contributed by atoms with E-state index in [-0.39, 0.29) is 5.82 Å². The molecule has 2 rings (SSSR count). The number of carbonyl (C=O) groups excluding carboxylic acids is 1. The number of rotatable bonds is 8. The molecule has 0 aliphatic heterocycles. The van der Waals surface area contributed by atoms with Gasteiger partial charge in [-0.15, -0.1) is 0 Å². The number of primary amides is 1. The molecule has 2 aromatic carbocycles. The molecule has 138 valence electrons. The molecule has 0 radical (unpaired) electrons. The van der Waals surface area contributed by atoms with Crippen molar-refractivity contribution in [2.24, 2.45) is 16.6 Å². The van der Waals surface area contributed by atoms with Crippen molar-refractivity contribution < 1.29 is 9.18 Å². The second-order valence-corrected chi connectivity index (χ2v) is 5.99. The Bertz CT molecular complexity index is 716. The van der Waals surface area contributed by atoms with Crippen LogP contribution in [0.5, 0.6) is 0 Å². The molecule has 1 unspecified atom stereocenters. The van der Waals surface area contributed by atoms with Crippen molar-refractivity contribution in [1.82, 2.24) is 10.6 Å². The SMILES string of the molecule is CCNC(=NCc1ccccc1)NCC(Cc1ccc(F)cc1)C(N)=O. The number of hydrogen-bond donors (Lipinski definition) is 3. The molecule has 5 nitrogen and oxygen atoms in total. The summed E-state index contributed by atoms with van der Waals surface area (Å²) in [5.74, 6) is -0.492. The van der Waals surface area contributed by atoms with E-state index in [1.54, 1.807) is 12.1 Å². The summed E-state index contributed by atoms with van der Waals surface area (Å²) in [6.45, 7) is 3.58. The molecule has 2 aromatic rings. The van der Waals surface area contributed by atoms with E-state index in [4.69, 9.17) is 5.73 Å². The maximum absolute atomic E-state index is 13.0. The van der Waals surface area contributed by atoms with Gasteiger partial charge in [0.1, 0.15) is 5.82 Å². The lowest BCUT2D eigenvalue weighted by atomic mass is 9.98. The van der Waals surface area contributed by atoms with Gasteiger partial charge in [0.15, 0.2) is 5.96 Å². The molecule has 1 amide bonds. The van der Waals surface area contributed by atoms with Gasteiger partial charge >= 0.3 is 0 Å². The Morgan fingerprint density at radius 3 is 2.38 bits per heavy atom. The Balaban J connectivity index is 1.97. The molecule has 0 aliphatic carbocycles. The van der Waals surface area contributed by atoms with Gasteiger partial charge in [0.2, 0.25) is 5.91 Å². The maximum atomic E-state index is 13.0. The lowest BCUT2D eigenvalue weighted by Gasteiger charge is -2.17. The fourth-order valence-electron chi connectivity index (χ4n) is 2.49. The van der Waals surface area contributed by atoms with E-state index in [9.17, 15) is 9.18 Å². The minimum Gasteiger partial charge on any atom is -0.369 e. The number of nitrogens with zero attached hydrogens (tertiary/aromatic N) is 1. The van der Waals surface area contributed by atoms with Crippen LogP contribution in [0.4, 0.5) is 4.39 Å². The third-order valence-electron chi connectivity index (χ3n) is 3.92. The number of nitrogens with two attached hydrogens (primary N) is 1. The van der Waals surface area contributed by atoms with Gasteiger partial charge in [0.25, 0.3) is 0 Å². The van der Waals surface area contributed by atoms with E-state index in [1.807, 2.05) is 37.3 Å². The van der Waals surface area contributed by atoms with Crippen molar-refractivity contribution >= 4 is 11.9 Å². The van der Waals surface area contributed by atoms with Crippen LogP contribution in [0.1, 0.15) is 18.1 Å². The van der Waals surface area contributed by atoms with Crippen LogP contribution in [0, 0.1) is 11.7 Å². The highest BCUT2D eigenvalue weighted by atomic mass is 19.1. The third-order valence-corrected chi connectivity index (χ3v) is 3.92. The Hall–Kier alpha value is -2.89. The number of halogens is 1. The summed E-state index contributed by atoms with van der Waals surface area (Å²) < 4.78 is 13.0. The van der Waals surface area contributed by atoms with Gasteiger partial charge in [-0.3, -0.25) is 4.79 Å². The van der Waals surface area contributed by atoms with Crippen LogP contribution >= 0.6 is 0 Å². The number of carbonyl (C=O) groups is 1. The van der Waals surface area contributed by atoms with E-state index >= 15 is 0 Å². The second kappa shape index (κ2) is 10.2. The Kier molecular flexibility index (Phi) is 7.61. The fourth-order valence-corrected chi connectivity index (χ4v) is 2.49. The zero-order chi connectivity index (χ0) is 18.8. The van der Waals surface area contributed by atoms with Gasteiger partial charge < -0.3 is 16.4 Å². The first-order valence-corrected chi connectivity index (χ1v) is 8.68. The Labute approximate surface area is 153 Å². The van der Waals surface area contributed by atoms with Gasteiger partial charge in [-0.05, 0) is 36.6 Å². The zero-order valence-corrected chi connectivity index (χ0v) is 14.9. The number of amides is 1. The van der Waals surface area contributed by atoms with E-state index < -0.39 is 11.8 Å². The molecule has 0 fully saturated rings. The summed E-state index contributed by atoms with van der Waals surface area (Å²) in [5, 5.41) is 6.32. The third kappa shape index (κ3) is 6.55. The van der Waals surface area contributed by atoms with Crippen molar-refractivity contribution in [3.8, 4) is 0 Å². The Morgan fingerprint density at radius 1 is 1.08 bits per heavy atom. The molecule has 4 N–H and O–H groups in total. The quantitative estimate of drug-likeness (QED) is 0.501. The van der Waals surface area contributed by atoms with E-state index in [0.717, 1.165) is 11.1 Å². The first-order valence-electron chi connectivity index (χ1n) is 8.68. The molecule has 1 atom stereocenters. The van der Waals surface area contributed by atoms with Gasteiger partial charge in [0, 0.05) is 13.1 Å². The predicted octanol–water partition coefficient (Wildman–Crippen LogP) is 2.23. The van der Waals surface area contributed by atoms with Crippen LogP contribution in [-0.4, -0.2) is 25.0 Å². The summed E-state index contributed by atoms with van der Waals surface area (Å²) in [5.41, 5.74) is 7.49. The van der Waals surface area contributed by atoms with Crippen molar-refractivity contribution in [1.29, 1.82) is 0 Å². The smallest absolute Gasteiger partial charge is 0.222 e. The highest BCUT2D eigenvalue weighted by molar-refractivity contribution is 5.81. The summed E-state index contributed by atoms with van der Waals surface area (Å²) in [4.78, 5) is 16.3. The van der Waals surface area contributed by atoms with E-state index in [2.05, 4.69) is 15.6 Å².